The van der Waals surface area contributed by atoms with Gasteiger partial charge >= 0.3 is 6.03 Å². The lowest BCUT2D eigenvalue weighted by Gasteiger charge is -2.26. The molecule has 8 heteroatoms. The van der Waals surface area contributed by atoms with Crippen LogP contribution in [0, 0.1) is 18.6 Å². The van der Waals surface area contributed by atoms with Gasteiger partial charge in [0, 0.05) is 18.1 Å². The highest BCUT2D eigenvalue weighted by Crippen LogP contribution is 2.25. The molecule has 0 spiro atoms. The second-order valence-corrected chi connectivity index (χ2v) is 8.08. The van der Waals surface area contributed by atoms with Gasteiger partial charge in [-0.25, -0.2) is 13.6 Å². The maximum Gasteiger partial charge on any atom is 0.322 e. The Hall–Kier alpha value is -3.94. The first kappa shape index (κ1) is 23.2. The fraction of sp³-hybridized carbons (Fsp3) is 0.231. The van der Waals surface area contributed by atoms with Crippen molar-refractivity contribution in [1.82, 2.24) is 4.90 Å². The maximum absolute atomic E-state index is 14.4. The Morgan fingerprint density at radius 3 is 2.65 bits per heavy atom. The molecular weight excluding hydrogens is 440 g/mol. The van der Waals surface area contributed by atoms with Gasteiger partial charge in [-0.05, 0) is 30.7 Å². The predicted octanol–water partition coefficient (Wildman–Crippen LogP) is 5.51. The summed E-state index contributed by atoms with van der Waals surface area (Å²) in [7, 11) is 1.51. The van der Waals surface area contributed by atoms with Crippen LogP contribution in [0.2, 0.25) is 0 Å². The molecule has 2 amide bonds. The molecule has 1 heterocycles. The zero-order valence-corrected chi connectivity index (χ0v) is 18.9. The van der Waals surface area contributed by atoms with Gasteiger partial charge in [0.1, 0.15) is 17.4 Å². The van der Waals surface area contributed by atoms with E-state index in [0.29, 0.717) is 17.9 Å². The van der Waals surface area contributed by atoms with Crippen LogP contribution in [-0.4, -0.2) is 36.4 Å². The third kappa shape index (κ3) is 5.51. The van der Waals surface area contributed by atoms with Crippen molar-refractivity contribution in [2.75, 3.05) is 19.0 Å². The highest BCUT2D eigenvalue weighted by Gasteiger charge is 2.28. The first-order valence-electron chi connectivity index (χ1n) is 10.9. The van der Waals surface area contributed by atoms with Crippen LogP contribution in [0.25, 0.3) is 0 Å². The Morgan fingerprint density at radius 1 is 1.15 bits per heavy atom. The average Bonchev–Trinajstić information content (AvgIpc) is 3.29. The second-order valence-electron chi connectivity index (χ2n) is 8.08. The molecule has 3 aromatic rings. The number of hydrogen-bond donors (Lipinski definition) is 1. The van der Waals surface area contributed by atoms with Crippen LogP contribution >= 0.6 is 0 Å². The molecule has 176 valence electrons. The van der Waals surface area contributed by atoms with Crippen molar-refractivity contribution in [1.29, 1.82) is 0 Å². The molecule has 0 saturated heterocycles. The molecule has 0 bridgehead atoms. The molecule has 1 aliphatic heterocycles. The lowest BCUT2D eigenvalue weighted by molar-refractivity contribution is 0.0606. The third-order valence-corrected chi connectivity index (χ3v) is 5.55. The van der Waals surface area contributed by atoms with E-state index in [4.69, 9.17) is 9.57 Å². The Labute approximate surface area is 196 Å². The molecule has 0 radical (unpaired) electrons. The van der Waals surface area contributed by atoms with Gasteiger partial charge in [0.25, 0.3) is 0 Å². The number of halogens is 2. The summed E-state index contributed by atoms with van der Waals surface area (Å²) in [6, 6.07) is 17.7. The maximum atomic E-state index is 14.4. The van der Waals surface area contributed by atoms with Crippen LogP contribution in [0.5, 0.6) is 5.75 Å². The lowest BCUT2D eigenvalue weighted by atomic mass is 10.0. The zero-order valence-electron chi connectivity index (χ0n) is 18.9. The molecule has 6 nitrogen and oxygen atoms in total. The SMILES string of the molecule is COc1ccccc1NC(=O)N(Cc1ccc(F)cc1F)CC1CC(c2ccc(C)cc2)=NO1. The molecule has 4 rings (SSSR count). The second kappa shape index (κ2) is 10.3. The van der Waals surface area contributed by atoms with Crippen LogP contribution in [0.4, 0.5) is 19.3 Å². The number of carbonyl (C=O) groups is 1. The smallest absolute Gasteiger partial charge is 0.322 e. The van der Waals surface area contributed by atoms with Gasteiger partial charge in [-0.15, -0.1) is 0 Å². The molecule has 1 unspecified atom stereocenters. The minimum atomic E-state index is -0.723. The predicted molar refractivity (Wildman–Crippen MR) is 126 cm³/mol. The number of benzene rings is 3. The first-order chi connectivity index (χ1) is 16.4. The number of hydrogen-bond acceptors (Lipinski definition) is 4. The Morgan fingerprint density at radius 2 is 1.91 bits per heavy atom. The normalized spacial score (nSPS) is 14.8. The van der Waals surface area contributed by atoms with Crippen molar-refractivity contribution in [2.24, 2.45) is 5.16 Å². The van der Waals surface area contributed by atoms with Gasteiger partial charge in [-0.3, -0.25) is 0 Å². The van der Waals surface area contributed by atoms with E-state index in [1.165, 1.54) is 24.1 Å². The summed E-state index contributed by atoms with van der Waals surface area (Å²) >= 11 is 0. The number of nitrogens with zero attached hydrogens (tertiary/aromatic N) is 2. The van der Waals surface area contributed by atoms with Crippen LogP contribution in [0.15, 0.2) is 71.9 Å². The van der Waals surface area contributed by atoms with E-state index >= 15 is 0 Å². The number of methoxy groups -OCH3 is 1. The van der Waals surface area contributed by atoms with Crippen LogP contribution in [0.3, 0.4) is 0 Å². The molecule has 0 saturated carbocycles. The fourth-order valence-corrected chi connectivity index (χ4v) is 3.71. The van der Waals surface area contributed by atoms with Gasteiger partial charge in [0.15, 0.2) is 6.10 Å². The zero-order chi connectivity index (χ0) is 24.1. The summed E-state index contributed by atoms with van der Waals surface area (Å²) in [6.07, 6.45) is 0.0798. The molecular formula is C26H25F2N3O3. The largest absolute Gasteiger partial charge is 0.495 e. The third-order valence-electron chi connectivity index (χ3n) is 5.55. The minimum Gasteiger partial charge on any atom is -0.495 e. The number of urea groups is 1. The van der Waals surface area contributed by atoms with Crippen molar-refractivity contribution in [2.45, 2.75) is 26.0 Å². The van der Waals surface area contributed by atoms with E-state index in [1.807, 2.05) is 31.2 Å². The Balaban J connectivity index is 1.51. The van der Waals surface area contributed by atoms with Crippen molar-refractivity contribution in [3.8, 4) is 5.75 Å². The minimum absolute atomic E-state index is 0.0766. The number of rotatable bonds is 7. The molecule has 3 aromatic carbocycles. The van der Waals surface area contributed by atoms with E-state index in [9.17, 15) is 13.6 Å². The van der Waals surface area contributed by atoms with Crippen molar-refractivity contribution < 1.29 is 23.1 Å². The van der Waals surface area contributed by atoms with Crippen LogP contribution in [-0.2, 0) is 11.4 Å². The molecule has 1 N–H and O–H groups in total. The standard InChI is InChI=1S/C26H25F2N3O3/c1-17-7-9-18(10-8-17)24-14-21(34-30-24)16-31(15-19-11-12-20(27)13-22(19)28)26(32)29-23-5-3-4-6-25(23)33-2/h3-13,21H,14-16H2,1-2H3,(H,29,32). The lowest BCUT2D eigenvalue weighted by Crippen LogP contribution is -2.40. The number of oxime groups is 1. The van der Waals surface area contributed by atoms with Crippen LogP contribution in [0.1, 0.15) is 23.1 Å². The number of anilines is 1. The topological polar surface area (TPSA) is 63.2 Å². The number of aryl methyl sites for hydroxylation is 1. The number of carbonyl (C=O) groups excluding carboxylic acids is 1. The summed E-state index contributed by atoms with van der Waals surface area (Å²) < 4.78 is 33.1. The number of nitrogens with one attached hydrogen (secondary N) is 1. The van der Waals surface area contributed by atoms with E-state index < -0.39 is 23.8 Å². The monoisotopic (exact) mass is 465 g/mol. The number of amides is 2. The Kier molecular flexibility index (Phi) is 7.06. The summed E-state index contributed by atoms with van der Waals surface area (Å²) in [5.74, 6) is -0.911. The van der Waals surface area contributed by atoms with Crippen molar-refractivity contribution >= 4 is 17.4 Å². The number of para-hydroxylation sites is 2. The van der Waals surface area contributed by atoms with Gasteiger partial charge in [0.05, 0.1) is 31.6 Å². The summed E-state index contributed by atoms with van der Waals surface area (Å²) in [5, 5.41) is 7.00. The first-order valence-corrected chi connectivity index (χ1v) is 10.9. The summed E-state index contributed by atoms with van der Waals surface area (Å²) in [4.78, 5) is 20.2. The summed E-state index contributed by atoms with van der Waals surface area (Å²) in [5.41, 5.74) is 3.53. The van der Waals surface area contributed by atoms with Gasteiger partial charge in [0.2, 0.25) is 0 Å². The molecule has 0 aliphatic carbocycles. The van der Waals surface area contributed by atoms with Crippen molar-refractivity contribution in [3.05, 3.63) is 95.1 Å². The average molecular weight is 466 g/mol. The van der Waals surface area contributed by atoms with E-state index in [0.717, 1.165) is 22.9 Å². The van der Waals surface area contributed by atoms with E-state index in [2.05, 4.69) is 10.5 Å². The molecule has 34 heavy (non-hydrogen) atoms. The molecule has 1 atom stereocenters. The quantitative estimate of drug-likeness (QED) is 0.501. The highest BCUT2D eigenvalue weighted by molar-refractivity contribution is 6.01. The fourth-order valence-electron chi connectivity index (χ4n) is 3.71. The van der Waals surface area contributed by atoms with Gasteiger partial charge < -0.3 is 19.8 Å². The van der Waals surface area contributed by atoms with Gasteiger partial charge in [-0.2, -0.15) is 0 Å². The number of ether oxygens (including phenoxy) is 1. The summed E-state index contributed by atoms with van der Waals surface area (Å²) in [6.45, 7) is 2.08. The van der Waals surface area contributed by atoms with Crippen LogP contribution < -0.4 is 10.1 Å². The van der Waals surface area contributed by atoms with Crippen molar-refractivity contribution in [3.63, 3.8) is 0 Å². The Bertz CT molecular complexity index is 1200. The van der Waals surface area contributed by atoms with E-state index in [1.54, 1.807) is 24.3 Å². The van der Waals surface area contributed by atoms with E-state index in [-0.39, 0.29) is 18.7 Å². The van der Waals surface area contributed by atoms with Gasteiger partial charge in [-0.1, -0.05) is 53.2 Å². The molecule has 1 aliphatic rings. The molecule has 0 fully saturated rings. The molecule has 0 aromatic heterocycles. The highest BCUT2D eigenvalue weighted by atomic mass is 19.1.